The van der Waals surface area contributed by atoms with Gasteiger partial charge >= 0.3 is 11.9 Å². The highest BCUT2D eigenvalue weighted by molar-refractivity contribution is 7.98. The monoisotopic (exact) mass is 594 g/mol. The first-order valence-corrected chi connectivity index (χ1v) is 16.1. The number of carbonyl (C=O) groups is 6. The van der Waals surface area contributed by atoms with E-state index in [1.165, 1.54) is 0 Å². The molecule has 2 saturated carbocycles. The second kappa shape index (κ2) is 11.5. The molecule has 12 nitrogen and oxygen atoms in total. The van der Waals surface area contributed by atoms with Gasteiger partial charge in [-0.3, -0.25) is 28.8 Å². The van der Waals surface area contributed by atoms with Crippen LogP contribution in [0.4, 0.5) is 0 Å². The summed E-state index contributed by atoms with van der Waals surface area (Å²) in [4.78, 5) is 79.9. The first-order valence-electron chi connectivity index (χ1n) is 13.3. The van der Waals surface area contributed by atoms with Gasteiger partial charge in [-0.2, -0.15) is 23.5 Å². The zero-order valence-corrected chi connectivity index (χ0v) is 23.9. The number of hydrogen-bond donors (Lipinski definition) is 2. The summed E-state index contributed by atoms with van der Waals surface area (Å²) in [6.45, 7) is -1.00. The van der Waals surface area contributed by atoms with Gasteiger partial charge in [0.05, 0.1) is 23.7 Å². The highest BCUT2D eigenvalue weighted by Gasteiger charge is 2.75. The summed E-state index contributed by atoms with van der Waals surface area (Å²) < 4.78 is 10.4. The second-order valence-corrected chi connectivity index (χ2v) is 12.9. The average molecular weight is 595 g/mol. The molecule has 4 fully saturated rings. The van der Waals surface area contributed by atoms with Crippen molar-refractivity contribution in [3.63, 3.8) is 0 Å². The molecule has 0 aromatic rings. The Hall–Kier alpha value is -2.42. The number of carbonyl (C=O) groups excluding carboxylic acids is 6. The molecule has 2 saturated heterocycles. The molecule has 0 unspecified atom stereocenters. The van der Waals surface area contributed by atoms with Gasteiger partial charge < -0.3 is 20.9 Å². The summed E-state index contributed by atoms with van der Waals surface area (Å²) >= 11 is 3.08. The Morgan fingerprint density at radius 1 is 0.725 bits per heavy atom. The number of ether oxygens (including phenoxy) is 2. The lowest BCUT2D eigenvalue weighted by Gasteiger charge is -2.60. The smallest absolute Gasteiger partial charge is 0.324 e. The minimum absolute atomic E-state index is 0.276. The van der Waals surface area contributed by atoms with Gasteiger partial charge in [-0.05, 0) is 60.5 Å². The fourth-order valence-corrected chi connectivity index (χ4v) is 8.15. The molecule has 218 valence electrons. The fourth-order valence-electron chi connectivity index (χ4n) is 7.17. The van der Waals surface area contributed by atoms with Crippen LogP contribution in [0.25, 0.3) is 0 Å². The van der Waals surface area contributed by atoms with E-state index < -0.39 is 96.6 Å². The van der Waals surface area contributed by atoms with Crippen LogP contribution >= 0.6 is 23.5 Å². The van der Waals surface area contributed by atoms with Crippen LogP contribution in [0.5, 0.6) is 0 Å². The first kappa shape index (κ1) is 29.1. The Morgan fingerprint density at radius 3 is 1.43 bits per heavy atom. The van der Waals surface area contributed by atoms with Crippen LogP contribution in [0, 0.1) is 47.3 Å². The van der Waals surface area contributed by atoms with Crippen molar-refractivity contribution in [3.8, 4) is 0 Å². The first-order chi connectivity index (χ1) is 19.1. The van der Waals surface area contributed by atoms with E-state index in [1.807, 2.05) is 24.7 Å². The van der Waals surface area contributed by atoms with Gasteiger partial charge in [0.2, 0.25) is 23.6 Å². The van der Waals surface area contributed by atoms with E-state index in [4.69, 9.17) is 20.9 Å². The normalized spacial score (nSPS) is 34.8. The SMILES string of the molecule is CSCC[C@@H](N)C(=O)OCN1C(=O)[C@H]2[C@H](C1=O)[C@@H]1[C@H]3C=C[C@@H]([C@@H]4C(=O)N(COC(=O)[C@@H](N)CCSC)C(=O)[C@@H]34)[C@@H]21. The lowest BCUT2D eigenvalue weighted by atomic mass is 9.40. The van der Waals surface area contributed by atoms with Crippen molar-refractivity contribution >= 4 is 59.1 Å². The van der Waals surface area contributed by atoms with Gasteiger partial charge in [0.1, 0.15) is 12.1 Å². The topological polar surface area (TPSA) is 179 Å². The summed E-state index contributed by atoms with van der Waals surface area (Å²) in [5.41, 5.74) is 11.7. The molecule has 0 aromatic heterocycles. The maximum Gasteiger partial charge on any atom is 0.324 e. The predicted octanol–water partition coefficient (Wildman–Crippen LogP) is -0.587. The standard InChI is InChI=1S/C26H34N4O8S2/c1-39-7-5-13(27)25(35)37-9-29-21(31)17-11-3-4-12(18(17)22(29)32)16-15(11)19-20(16)24(34)30(23(19)33)10-38-26(36)14(28)6-8-40-2/h3-4,11-20H,5-10,27-28H2,1-2H3/t11-,12-,13+,14-,15-,16-,17+,18+,19-,20-/m1/s1. The van der Waals surface area contributed by atoms with Crippen molar-refractivity contribution in [2.75, 3.05) is 37.5 Å². The number of thioether (sulfide) groups is 2. The summed E-state index contributed by atoms with van der Waals surface area (Å²) in [7, 11) is 0. The number of esters is 2. The number of allylic oxidation sites excluding steroid dienone is 2. The van der Waals surface area contributed by atoms with Gasteiger partial charge in [-0.15, -0.1) is 0 Å². The minimum atomic E-state index is -0.846. The van der Waals surface area contributed by atoms with Crippen molar-refractivity contribution in [3.05, 3.63) is 12.2 Å². The van der Waals surface area contributed by atoms with E-state index in [1.54, 1.807) is 23.5 Å². The Balaban J connectivity index is 1.25. The average Bonchev–Trinajstić information content (AvgIpc) is 3.30. The minimum Gasteiger partial charge on any atom is -0.443 e. The van der Waals surface area contributed by atoms with Gasteiger partial charge in [0, 0.05) is 0 Å². The van der Waals surface area contributed by atoms with E-state index in [9.17, 15) is 28.8 Å². The van der Waals surface area contributed by atoms with E-state index in [0.29, 0.717) is 24.3 Å². The summed E-state index contributed by atoms with van der Waals surface area (Å²) in [6.07, 6.45) is 8.38. The zero-order chi connectivity index (χ0) is 28.9. The number of nitrogens with two attached hydrogens (primary N) is 2. The number of hydrogen-bond acceptors (Lipinski definition) is 12. The second-order valence-electron chi connectivity index (χ2n) is 11.0. The van der Waals surface area contributed by atoms with Crippen molar-refractivity contribution in [1.29, 1.82) is 0 Å². The molecule has 6 rings (SSSR count). The molecule has 0 aromatic carbocycles. The molecular formula is C26H34N4O8S2. The largest absolute Gasteiger partial charge is 0.443 e. The molecule has 6 aliphatic rings. The maximum absolute atomic E-state index is 13.4. The fraction of sp³-hybridized carbons (Fsp3) is 0.692. The molecule has 14 heteroatoms. The third-order valence-electron chi connectivity index (χ3n) is 9.07. The zero-order valence-electron chi connectivity index (χ0n) is 22.3. The molecule has 10 atom stereocenters. The molecule has 0 spiro atoms. The Labute approximate surface area is 240 Å². The van der Waals surface area contributed by atoms with Gasteiger partial charge in [0.25, 0.3) is 0 Å². The molecular weight excluding hydrogens is 560 g/mol. The molecule has 4 amide bonds. The van der Waals surface area contributed by atoms with Crippen molar-refractivity contribution < 1.29 is 38.2 Å². The molecule has 2 heterocycles. The molecule has 0 radical (unpaired) electrons. The van der Waals surface area contributed by atoms with E-state index in [-0.39, 0.29) is 11.8 Å². The number of rotatable bonds is 12. The predicted molar refractivity (Wildman–Crippen MR) is 145 cm³/mol. The summed E-state index contributed by atoms with van der Waals surface area (Å²) in [5.74, 6) is -5.74. The molecule has 40 heavy (non-hydrogen) atoms. The lowest BCUT2D eigenvalue weighted by molar-refractivity contribution is -0.166. The molecule has 2 bridgehead atoms. The van der Waals surface area contributed by atoms with Crippen LogP contribution in [0.1, 0.15) is 12.8 Å². The van der Waals surface area contributed by atoms with E-state index in [2.05, 4.69) is 0 Å². The number of amides is 4. The van der Waals surface area contributed by atoms with Crippen LogP contribution in [0.15, 0.2) is 12.2 Å². The third kappa shape index (κ3) is 4.56. The van der Waals surface area contributed by atoms with Crippen molar-refractivity contribution in [1.82, 2.24) is 9.80 Å². The molecule has 4 aliphatic carbocycles. The molecule has 4 N–H and O–H groups in total. The molecule has 2 aliphatic heterocycles. The van der Waals surface area contributed by atoms with E-state index in [0.717, 1.165) is 9.80 Å². The van der Waals surface area contributed by atoms with Crippen LogP contribution in [0.3, 0.4) is 0 Å². The maximum atomic E-state index is 13.4. The number of imide groups is 2. The summed E-state index contributed by atoms with van der Waals surface area (Å²) in [5, 5.41) is 0. The summed E-state index contributed by atoms with van der Waals surface area (Å²) in [6, 6.07) is -1.69. The Bertz CT molecular complexity index is 1090. The van der Waals surface area contributed by atoms with Crippen LogP contribution in [0.2, 0.25) is 0 Å². The van der Waals surface area contributed by atoms with Crippen molar-refractivity contribution in [2.24, 2.45) is 58.8 Å². The third-order valence-corrected chi connectivity index (χ3v) is 10.4. The number of fused-ring (bicyclic) bond motifs is 1. The van der Waals surface area contributed by atoms with Gasteiger partial charge in [0.15, 0.2) is 13.5 Å². The van der Waals surface area contributed by atoms with Crippen molar-refractivity contribution in [2.45, 2.75) is 24.9 Å². The van der Waals surface area contributed by atoms with E-state index >= 15 is 0 Å². The van der Waals surface area contributed by atoms with Gasteiger partial charge in [-0.25, -0.2) is 9.80 Å². The quantitative estimate of drug-likeness (QED) is 0.167. The Kier molecular flexibility index (Phi) is 8.33. The highest BCUT2D eigenvalue weighted by atomic mass is 32.2. The number of nitrogens with zero attached hydrogens (tertiary/aromatic N) is 2. The highest BCUT2D eigenvalue weighted by Crippen LogP contribution is 2.68. The van der Waals surface area contributed by atoms with Crippen LogP contribution in [-0.4, -0.2) is 94.9 Å². The number of likely N-dealkylation sites (tertiary alicyclic amines) is 2. The van der Waals surface area contributed by atoms with Crippen LogP contribution in [-0.2, 0) is 38.2 Å². The van der Waals surface area contributed by atoms with Gasteiger partial charge in [-0.1, -0.05) is 12.2 Å². The van der Waals surface area contributed by atoms with Crippen LogP contribution < -0.4 is 11.5 Å². The Morgan fingerprint density at radius 2 is 1.07 bits per heavy atom. The lowest BCUT2D eigenvalue weighted by Crippen LogP contribution is -2.63.